The molecule has 0 fully saturated rings. The number of rotatable bonds is 4. The molecule has 0 radical (unpaired) electrons. The Hall–Kier alpha value is 0.390. The van der Waals surface area contributed by atoms with Gasteiger partial charge in [-0.05, 0) is 29.5 Å². The predicted octanol–water partition coefficient (Wildman–Crippen LogP) is 1.33. The lowest BCUT2D eigenvalue weighted by Gasteiger charge is -2.07. The maximum Gasteiger partial charge on any atom is 0.126 e. The first kappa shape index (κ1) is 9.39. The summed E-state index contributed by atoms with van der Waals surface area (Å²) in [5.41, 5.74) is 0. The molecule has 0 rings (SSSR count). The number of halogens is 1. The van der Waals surface area contributed by atoms with Crippen LogP contribution in [0, 0.1) is 0 Å². The van der Waals surface area contributed by atoms with E-state index >= 15 is 0 Å². The summed E-state index contributed by atoms with van der Waals surface area (Å²) in [4.78, 5) is 0. The zero-order valence-electron chi connectivity index (χ0n) is 5.38. The van der Waals surface area contributed by atoms with Crippen LogP contribution in [0.4, 0.5) is 0 Å². The highest BCUT2D eigenvalue weighted by Crippen LogP contribution is 2.02. The van der Waals surface area contributed by atoms with Crippen LogP contribution >= 0.6 is 22.6 Å². The third-order valence-corrected chi connectivity index (χ3v) is 1.55. The van der Waals surface area contributed by atoms with Gasteiger partial charge in [-0.15, -0.1) is 0 Å². The molecule has 0 aromatic rings. The van der Waals surface area contributed by atoms with E-state index < -0.39 is 0 Å². The number of ether oxygens (including phenoxy) is 1. The van der Waals surface area contributed by atoms with Crippen molar-refractivity contribution in [2.24, 2.45) is 0 Å². The molecule has 2 unspecified atom stereocenters. The lowest BCUT2D eigenvalue weighted by atomic mass is 10.4. The Balaban J connectivity index is 3.16. The molecule has 0 spiro atoms. The summed E-state index contributed by atoms with van der Waals surface area (Å²) in [7, 11) is 0. The molecule has 0 aliphatic heterocycles. The first-order valence-electron chi connectivity index (χ1n) is 2.73. The second-order valence-corrected chi connectivity index (χ2v) is 3.00. The zero-order valence-corrected chi connectivity index (χ0v) is 7.54. The van der Waals surface area contributed by atoms with E-state index in [4.69, 9.17) is 9.84 Å². The Kier molecular flexibility index (Phi) is 5.42. The van der Waals surface area contributed by atoms with Gasteiger partial charge in [-0.25, -0.2) is 0 Å². The number of aliphatic hydroxyl groups is 1. The summed E-state index contributed by atoms with van der Waals surface area (Å²) in [6.07, 6.45) is 1.30. The van der Waals surface area contributed by atoms with E-state index in [9.17, 15) is 0 Å². The number of hydrogen-bond donors (Lipinski definition) is 1. The van der Waals surface area contributed by atoms with Crippen LogP contribution in [0.25, 0.3) is 0 Å². The molecule has 9 heavy (non-hydrogen) atoms. The molecule has 0 heterocycles. The maximum atomic E-state index is 8.73. The maximum absolute atomic E-state index is 8.73. The van der Waals surface area contributed by atoms with E-state index in [0.717, 1.165) is 0 Å². The van der Waals surface area contributed by atoms with Gasteiger partial charge in [-0.2, -0.15) is 0 Å². The molecule has 0 aliphatic carbocycles. The van der Waals surface area contributed by atoms with Crippen molar-refractivity contribution in [2.75, 3.05) is 6.61 Å². The number of hydrogen-bond acceptors (Lipinski definition) is 2. The third kappa shape index (κ3) is 6.27. The van der Waals surface area contributed by atoms with Crippen molar-refractivity contribution in [2.45, 2.75) is 17.1 Å². The summed E-state index contributed by atoms with van der Waals surface area (Å²) in [5.74, 6) is 0. The Bertz CT molecular complexity index is 83.1. The first-order chi connectivity index (χ1) is 4.16. The summed E-state index contributed by atoms with van der Waals surface area (Å²) >= 11 is 2.09. The Morgan fingerprint density at radius 2 is 2.44 bits per heavy atom. The fraction of sp³-hybridized carbons (Fsp3) is 0.667. The van der Waals surface area contributed by atoms with Gasteiger partial charge in [0.15, 0.2) is 0 Å². The van der Waals surface area contributed by atoms with Crippen molar-refractivity contribution in [1.82, 2.24) is 0 Å². The van der Waals surface area contributed by atoms with E-state index in [2.05, 4.69) is 29.2 Å². The van der Waals surface area contributed by atoms with Gasteiger partial charge >= 0.3 is 0 Å². The summed E-state index contributed by atoms with van der Waals surface area (Å²) in [6, 6.07) is 0. The quantitative estimate of drug-likeness (QED) is 0.458. The first-order valence-corrected chi connectivity index (χ1v) is 3.97. The number of alkyl halides is 1. The van der Waals surface area contributed by atoms with Gasteiger partial charge in [0.05, 0.1) is 12.7 Å². The average Bonchev–Trinajstić information content (AvgIpc) is 1.83. The largest absolute Gasteiger partial charge is 0.391 e. The Morgan fingerprint density at radius 3 is 2.78 bits per heavy atom. The molecule has 54 valence electrons. The van der Waals surface area contributed by atoms with E-state index in [1.165, 1.54) is 0 Å². The predicted molar refractivity (Wildman–Crippen MR) is 45.6 cm³/mol. The van der Waals surface area contributed by atoms with Crippen molar-refractivity contribution in [3.05, 3.63) is 12.7 Å². The Morgan fingerprint density at radius 1 is 1.89 bits per heavy atom. The van der Waals surface area contributed by atoms with Crippen LogP contribution in [0.5, 0.6) is 0 Å². The van der Waals surface area contributed by atoms with Crippen LogP contribution in [0.1, 0.15) is 6.92 Å². The minimum atomic E-state index is -0.387. The van der Waals surface area contributed by atoms with E-state index in [1.807, 2.05) is 0 Å². The number of aliphatic hydroxyl groups excluding tert-OH is 1. The lowest BCUT2D eigenvalue weighted by molar-refractivity contribution is 0.0536. The standard InChI is InChI=1S/C6H11IO2/c1-3-6(7)9-4-5(2)8/h3,5-6,8H,1,4H2,2H3. The molecule has 0 aromatic heterocycles. The molecule has 3 heteroatoms. The van der Waals surface area contributed by atoms with E-state index in [0.29, 0.717) is 6.61 Å². The monoisotopic (exact) mass is 242 g/mol. The van der Waals surface area contributed by atoms with Crippen LogP contribution < -0.4 is 0 Å². The second kappa shape index (κ2) is 5.20. The highest BCUT2D eigenvalue weighted by molar-refractivity contribution is 14.1. The normalized spacial score (nSPS) is 16.8. The fourth-order valence-electron chi connectivity index (χ4n) is 0.299. The van der Waals surface area contributed by atoms with Gasteiger partial charge in [0.25, 0.3) is 0 Å². The molecular formula is C6H11IO2. The van der Waals surface area contributed by atoms with Gasteiger partial charge in [-0.3, -0.25) is 0 Å². The van der Waals surface area contributed by atoms with Crippen molar-refractivity contribution in [3.8, 4) is 0 Å². The summed E-state index contributed by atoms with van der Waals surface area (Å²) in [6.45, 7) is 5.59. The van der Waals surface area contributed by atoms with Gasteiger partial charge in [0.1, 0.15) is 4.11 Å². The van der Waals surface area contributed by atoms with Crippen LogP contribution in [-0.2, 0) is 4.74 Å². The van der Waals surface area contributed by atoms with Crippen molar-refractivity contribution < 1.29 is 9.84 Å². The minimum absolute atomic E-state index is 0.0113. The summed E-state index contributed by atoms with van der Waals surface area (Å²) in [5, 5.41) is 8.73. The van der Waals surface area contributed by atoms with Crippen LogP contribution in [0.2, 0.25) is 0 Å². The van der Waals surface area contributed by atoms with Crippen LogP contribution in [0.15, 0.2) is 12.7 Å². The van der Waals surface area contributed by atoms with Crippen LogP contribution in [-0.4, -0.2) is 21.9 Å². The van der Waals surface area contributed by atoms with Crippen molar-refractivity contribution >= 4 is 22.6 Å². The molecular weight excluding hydrogens is 231 g/mol. The lowest BCUT2D eigenvalue weighted by Crippen LogP contribution is -2.13. The molecule has 2 atom stereocenters. The molecule has 0 aromatic carbocycles. The highest BCUT2D eigenvalue weighted by Gasteiger charge is 1.99. The molecule has 0 bridgehead atoms. The van der Waals surface area contributed by atoms with E-state index in [-0.39, 0.29) is 10.2 Å². The fourth-order valence-corrected chi connectivity index (χ4v) is 0.507. The van der Waals surface area contributed by atoms with Crippen molar-refractivity contribution in [1.29, 1.82) is 0 Å². The zero-order chi connectivity index (χ0) is 7.28. The molecule has 2 nitrogen and oxygen atoms in total. The van der Waals surface area contributed by atoms with Gasteiger partial charge < -0.3 is 9.84 Å². The van der Waals surface area contributed by atoms with Gasteiger partial charge in [-0.1, -0.05) is 12.7 Å². The second-order valence-electron chi connectivity index (χ2n) is 1.77. The van der Waals surface area contributed by atoms with Crippen molar-refractivity contribution in [3.63, 3.8) is 0 Å². The molecule has 0 aliphatic rings. The van der Waals surface area contributed by atoms with Crippen LogP contribution in [0.3, 0.4) is 0 Å². The molecule has 0 saturated carbocycles. The summed E-state index contributed by atoms with van der Waals surface area (Å²) < 4.78 is 5.08. The molecule has 0 amide bonds. The average molecular weight is 242 g/mol. The minimum Gasteiger partial charge on any atom is -0.391 e. The topological polar surface area (TPSA) is 29.5 Å². The molecule has 0 saturated heterocycles. The SMILES string of the molecule is C=CC(I)OCC(C)O. The smallest absolute Gasteiger partial charge is 0.126 e. The molecule has 1 N–H and O–H groups in total. The highest BCUT2D eigenvalue weighted by atomic mass is 127. The van der Waals surface area contributed by atoms with Gasteiger partial charge in [0.2, 0.25) is 0 Å². The van der Waals surface area contributed by atoms with Gasteiger partial charge in [0, 0.05) is 0 Å². The van der Waals surface area contributed by atoms with E-state index in [1.54, 1.807) is 13.0 Å². The third-order valence-electron chi connectivity index (χ3n) is 0.682. The Labute approximate surface area is 69.0 Å².